The van der Waals surface area contributed by atoms with Gasteiger partial charge in [0.25, 0.3) is 5.78 Å². The fourth-order valence-electron chi connectivity index (χ4n) is 5.56. The molecule has 1 N–H and O–H groups in total. The number of Topliss-reactive ketones (excluding diaryl/α,β-unsaturated/α-hetero) is 1. The van der Waals surface area contributed by atoms with Gasteiger partial charge in [-0.1, -0.05) is 54.6 Å². The molecule has 1 amide bonds. The number of hydrogen-bond acceptors (Lipinski definition) is 10. The molecular weight excluding hydrogens is 642 g/mol. The summed E-state index contributed by atoms with van der Waals surface area (Å²) in [4.78, 5) is 28.9. The van der Waals surface area contributed by atoms with Gasteiger partial charge < -0.3 is 19.3 Å². The van der Waals surface area contributed by atoms with Gasteiger partial charge in [0.1, 0.15) is 23.4 Å². The molecule has 47 heavy (non-hydrogen) atoms. The SMILES string of the molecule is CCCCOc1ccc([C@@H]2C(=C(O)c3ccc4c(c3)C[C@@H](C)O4)C(=O)C(=O)N2c2nnc(SCc3ccc(F)cc3)s2)cc1OCC. The zero-order chi connectivity index (χ0) is 33.1. The highest BCUT2D eigenvalue weighted by Gasteiger charge is 2.48. The van der Waals surface area contributed by atoms with Crippen LogP contribution in [0.1, 0.15) is 61.9 Å². The number of amides is 1. The lowest BCUT2D eigenvalue weighted by molar-refractivity contribution is -0.132. The molecule has 244 valence electrons. The maximum absolute atomic E-state index is 13.8. The van der Waals surface area contributed by atoms with Crippen LogP contribution >= 0.6 is 23.1 Å². The van der Waals surface area contributed by atoms with E-state index in [1.807, 2.05) is 13.8 Å². The Morgan fingerprint density at radius 1 is 1.06 bits per heavy atom. The van der Waals surface area contributed by atoms with Crippen molar-refractivity contribution in [3.05, 3.63) is 94.3 Å². The van der Waals surface area contributed by atoms with Gasteiger partial charge >= 0.3 is 5.91 Å². The third kappa shape index (κ3) is 6.84. The van der Waals surface area contributed by atoms with Gasteiger partial charge in [-0.15, -0.1) is 10.2 Å². The van der Waals surface area contributed by atoms with E-state index in [2.05, 4.69) is 17.1 Å². The number of thioether (sulfide) groups is 1. The predicted octanol–water partition coefficient (Wildman–Crippen LogP) is 7.50. The molecule has 0 unspecified atom stereocenters. The fourth-order valence-corrected chi connectivity index (χ4v) is 7.39. The van der Waals surface area contributed by atoms with Crippen molar-refractivity contribution in [3.63, 3.8) is 0 Å². The van der Waals surface area contributed by atoms with Crippen LogP contribution in [-0.2, 0) is 21.8 Å². The summed E-state index contributed by atoms with van der Waals surface area (Å²) >= 11 is 2.54. The number of nitrogens with zero attached hydrogens (tertiary/aromatic N) is 3. The lowest BCUT2D eigenvalue weighted by atomic mass is 9.94. The molecule has 9 nitrogen and oxygen atoms in total. The number of aliphatic hydroxyl groups is 1. The first-order chi connectivity index (χ1) is 22.8. The molecule has 0 spiro atoms. The number of aliphatic hydroxyl groups excluding tert-OH is 1. The van der Waals surface area contributed by atoms with Crippen molar-refractivity contribution in [1.29, 1.82) is 0 Å². The number of rotatable bonds is 12. The Morgan fingerprint density at radius 2 is 1.87 bits per heavy atom. The van der Waals surface area contributed by atoms with Crippen molar-refractivity contribution in [3.8, 4) is 17.2 Å². The average molecular weight is 676 g/mol. The van der Waals surface area contributed by atoms with E-state index in [0.29, 0.717) is 52.4 Å². The standard InChI is InChI=1S/C35H34FN3O6S2/c1-4-6-15-44-27-14-9-22(18-28(27)43-5-2)30-29(31(40)23-10-13-26-24(17-23)16-20(3)45-26)32(41)33(42)39(30)34-37-38-35(47-34)46-19-21-7-11-25(36)12-8-21/h7-14,17-18,20,30,40H,4-6,15-16,19H2,1-3H3/t20-,30-/m1/s1. The Balaban J connectivity index is 1.41. The zero-order valence-corrected chi connectivity index (χ0v) is 27.8. The molecule has 2 aliphatic heterocycles. The number of unbranched alkanes of at least 4 members (excludes halogenated alkanes) is 1. The monoisotopic (exact) mass is 675 g/mol. The fraction of sp³-hybridized carbons (Fsp3) is 0.314. The van der Waals surface area contributed by atoms with Crippen molar-refractivity contribution < 1.29 is 33.3 Å². The van der Waals surface area contributed by atoms with E-state index < -0.39 is 17.7 Å². The van der Waals surface area contributed by atoms with Crippen LogP contribution in [0.2, 0.25) is 0 Å². The minimum atomic E-state index is -1.02. The number of fused-ring (bicyclic) bond motifs is 1. The minimum Gasteiger partial charge on any atom is -0.507 e. The highest BCUT2D eigenvalue weighted by molar-refractivity contribution is 8.00. The second-order valence-corrected chi connectivity index (χ2v) is 13.4. The Labute approximate surface area is 280 Å². The summed E-state index contributed by atoms with van der Waals surface area (Å²) in [5.74, 6) is -0.0396. The van der Waals surface area contributed by atoms with E-state index in [1.165, 1.54) is 28.8 Å². The van der Waals surface area contributed by atoms with Gasteiger partial charge in [-0.05, 0) is 79.4 Å². The van der Waals surface area contributed by atoms with Gasteiger partial charge in [-0.25, -0.2) is 4.39 Å². The van der Waals surface area contributed by atoms with E-state index in [-0.39, 0.29) is 28.4 Å². The second-order valence-electron chi connectivity index (χ2n) is 11.2. The van der Waals surface area contributed by atoms with Crippen LogP contribution in [0.4, 0.5) is 9.52 Å². The maximum atomic E-state index is 13.8. The number of carbonyl (C=O) groups is 2. The third-order valence-corrected chi connectivity index (χ3v) is 9.96. The number of benzene rings is 3. The quantitative estimate of drug-likeness (QED) is 0.0408. The lowest BCUT2D eigenvalue weighted by Gasteiger charge is -2.23. The van der Waals surface area contributed by atoms with Crippen molar-refractivity contribution in [1.82, 2.24) is 10.2 Å². The number of carbonyl (C=O) groups excluding carboxylic acids is 2. The summed E-state index contributed by atoms with van der Waals surface area (Å²) < 4.78 is 31.7. The summed E-state index contributed by atoms with van der Waals surface area (Å²) in [6.07, 6.45) is 2.50. The van der Waals surface area contributed by atoms with Gasteiger partial charge in [0, 0.05) is 17.7 Å². The average Bonchev–Trinajstić information content (AvgIpc) is 3.76. The van der Waals surface area contributed by atoms with Crippen molar-refractivity contribution in [2.45, 2.75) is 62.3 Å². The van der Waals surface area contributed by atoms with Gasteiger partial charge in [0.05, 0.1) is 24.8 Å². The van der Waals surface area contributed by atoms with Gasteiger partial charge in [0.15, 0.2) is 15.8 Å². The third-order valence-electron chi connectivity index (χ3n) is 7.83. The smallest absolute Gasteiger partial charge is 0.301 e. The number of hydrogen-bond donors (Lipinski definition) is 1. The Kier molecular flexibility index (Phi) is 9.79. The first-order valence-corrected chi connectivity index (χ1v) is 17.3. The molecule has 0 radical (unpaired) electrons. The maximum Gasteiger partial charge on any atom is 0.301 e. The van der Waals surface area contributed by atoms with Crippen LogP contribution in [0.5, 0.6) is 17.2 Å². The molecule has 2 aliphatic rings. The van der Waals surface area contributed by atoms with Crippen LogP contribution < -0.4 is 19.1 Å². The van der Waals surface area contributed by atoms with E-state index in [0.717, 1.165) is 41.1 Å². The van der Waals surface area contributed by atoms with Crippen molar-refractivity contribution in [2.75, 3.05) is 18.1 Å². The van der Waals surface area contributed by atoms with Crippen LogP contribution in [0.15, 0.2) is 70.6 Å². The van der Waals surface area contributed by atoms with Crippen LogP contribution in [-0.4, -0.2) is 46.3 Å². The predicted molar refractivity (Wildman–Crippen MR) is 179 cm³/mol. The molecular formula is C35H34FN3O6S2. The summed E-state index contributed by atoms with van der Waals surface area (Å²) in [7, 11) is 0. The van der Waals surface area contributed by atoms with Gasteiger partial charge in [0.2, 0.25) is 5.13 Å². The number of halogens is 1. The van der Waals surface area contributed by atoms with E-state index in [9.17, 15) is 19.1 Å². The topological polar surface area (TPSA) is 111 Å². The molecule has 3 heterocycles. The Hall–Kier alpha value is -4.42. The molecule has 6 rings (SSSR count). The number of aromatic nitrogens is 2. The van der Waals surface area contributed by atoms with Crippen LogP contribution in [0.25, 0.3) is 5.76 Å². The van der Waals surface area contributed by atoms with Gasteiger partial charge in [-0.2, -0.15) is 0 Å². The Bertz CT molecular complexity index is 1830. The number of ketones is 1. The van der Waals surface area contributed by atoms with E-state index >= 15 is 0 Å². The Morgan fingerprint density at radius 3 is 2.64 bits per heavy atom. The van der Waals surface area contributed by atoms with Crippen molar-refractivity contribution >= 4 is 45.7 Å². The molecule has 3 aromatic carbocycles. The first-order valence-electron chi connectivity index (χ1n) is 15.5. The molecule has 0 bridgehead atoms. The molecule has 12 heteroatoms. The first kappa shape index (κ1) is 32.5. The largest absolute Gasteiger partial charge is 0.507 e. The lowest BCUT2D eigenvalue weighted by Crippen LogP contribution is -2.29. The molecule has 1 fully saturated rings. The summed E-state index contributed by atoms with van der Waals surface area (Å²) in [6, 6.07) is 15.7. The zero-order valence-electron chi connectivity index (χ0n) is 26.2. The molecule has 1 saturated heterocycles. The molecule has 2 atom stereocenters. The second kappa shape index (κ2) is 14.1. The van der Waals surface area contributed by atoms with Crippen LogP contribution in [0.3, 0.4) is 0 Å². The van der Waals surface area contributed by atoms with Crippen LogP contribution in [0, 0.1) is 5.82 Å². The summed E-state index contributed by atoms with van der Waals surface area (Å²) in [5, 5.41) is 20.5. The number of ether oxygens (including phenoxy) is 3. The molecule has 4 aromatic rings. The van der Waals surface area contributed by atoms with E-state index in [4.69, 9.17) is 14.2 Å². The summed E-state index contributed by atoms with van der Waals surface area (Å²) in [5.41, 5.74) is 2.67. The summed E-state index contributed by atoms with van der Waals surface area (Å²) in [6.45, 7) is 6.78. The highest BCUT2D eigenvalue weighted by atomic mass is 32.2. The normalized spacial score (nSPS) is 18.3. The molecule has 0 saturated carbocycles. The highest BCUT2D eigenvalue weighted by Crippen LogP contribution is 2.46. The van der Waals surface area contributed by atoms with E-state index in [1.54, 1.807) is 48.5 Å². The number of anilines is 1. The molecule has 1 aromatic heterocycles. The molecule has 0 aliphatic carbocycles. The van der Waals surface area contributed by atoms with Gasteiger partial charge in [-0.3, -0.25) is 14.5 Å². The van der Waals surface area contributed by atoms with Crippen molar-refractivity contribution in [2.24, 2.45) is 0 Å². The minimum absolute atomic E-state index is 0.00412.